The van der Waals surface area contributed by atoms with E-state index in [1.165, 1.54) is 6.33 Å². The van der Waals surface area contributed by atoms with Crippen molar-refractivity contribution >= 4 is 22.3 Å². The number of aromatic hydroxyl groups is 1. The SMILES string of the molecule is Oc1cc2ccccc2cc1Oc1ncns1. The minimum absolute atomic E-state index is 0.0962. The maximum atomic E-state index is 9.84. The number of rotatable bonds is 2. The molecule has 0 atom stereocenters. The summed E-state index contributed by atoms with van der Waals surface area (Å²) >= 11 is 1.14. The Hall–Kier alpha value is -2.14. The summed E-state index contributed by atoms with van der Waals surface area (Å²) in [7, 11) is 0. The van der Waals surface area contributed by atoms with E-state index < -0.39 is 0 Å². The topological polar surface area (TPSA) is 55.2 Å². The molecule has 5 heteroatoms. The van der Waals surface area contributed by atoms with E-state index in [1.807, 2.05) is 24.3 Å². The molecule has 0 amide bonds. The predicted octanol–water partition coefficient (Wildman–Crippen LogP) is 3.19. The lowest BCUT2D eigenvalue weighted by Gasteiger charge is -2.06. The highest BCUT2D eigenvalue weighted by molar-refractivity contribution is 7.07. The number of phenols is 1. The summed E-state index contributed by atoms with van der Waals surface area (Å²) in [6.45, 7) is 0. The normalized spacial score (nSPS) is 10.6. The fourth-order valence-electron chi connectivity index (χ4n) is 1.59. The molecule has 1 N–H and O–H groups in total. The first kappa shape index (κ1) is 10.0. The van der Waals surface area contributed by atoms with Crippen molar-refractivity contribution in [1.29, 1.82) is 0 Å². The molecule has 1 aromatic heterocycles. The van der Waals surface area contributed by atoms with Gasteiger partial charge in [0, 0.05) is 11.5 Å². The largest absolute Gasteiger partial charge is 0.504 e. The number of nitrogens with zero attached hydrogens (tertiary/aromatic N) is 2. The van der Waals surface area contributed by atoms with Crippen molar-refractivity contribution in [2.75, 3.05) is 0 Å². The summed E-state index contributed by atoms with van der Waals surface area (Å²) in [5, 5.41) is 12.2. The Balaban J connectivity index is 2.07. The van der Waals surface area contributed by atoms with Gasteiger partial charge in [-0.3, -0.25) is 0 Å². The van der Waals surface area contributed by atoms with Crippen LogP contribution in [0.15, 0.2) is 42.7 Å². The first-order chi connectivity index (χ1) is 8.33. The van der Waals surface area contributed by atoms with Crippen molar-refractivity contribution in [1.82, 2.24) is 9.36 Å². The van der Waals surface area contributed by atoms with Gasteiger partial charge >= 0.3 is 0 Å². The summed E-state index contributed by atoms with van der Waals surface area (Å²) in [4.78, 5) is 3.91. The van der Waals surface area contributed by atoms with E-state index in [-0.39, 0.29) is 5.75 Å². The quantitative estimate of drug-likeness (QED) is 0.752. The van der Waals surface area contributed by atoms with Crippen LogP contribution >= 0.6 is 11.5 Å². The van der Waals surface area contributed by atoms with Gasteiger partial charge in [0.2, 0.25) is 0 Å². The van der Waals surface area contributed by atoms with Crippen LogP contribution in [0.1, 0.15) is 0 Å². The molecule has 0 saturated heterocycles. The first-order valence-corrected chi connectivity index (χ1v) is 5.76. The smallest absolute Gasteiger partial charge is 0.298 e. The molecule has 3 rings (SSSR count). The molecular weight excluding hydrogens is 236 g/mol. The molecule has 17 heavy (non-hydrogen) atoms. The molecule has 0 aliphatic rings. The summed E-state index contributed by atoms with van der Waals surface area (Å²) < 4.78 is 9.29. The molecule has 0 radical (unpaired) electrons. The molecule has 0 aliphatic carbocycles. The zero-order valence-electron chi connectivity index (χ0n) is 8.70. The fraction of sp³-hybridized carbons (Fsp3) is 0. The lowest BCUT2D eigenvalue weighted by Crippen LogP contribution is -1.84. The van der Waals surface area contributed by atoms with Gasteiger partial charge in [-0.2, -0.15) is 9.36 Å². The Morgan fingerprint density at radius 2 is 1.88 bits per heavy atom. The Morgan fingerprint density at radius 3 is 2.59 bits per heavy atom. The van der Waals surface area contributed by atoms with Gasteiger partial charge < -0.3 is 9.84 Å². The Kier molecular flexibility index (Phi) is 2.38. The minimum Gasteiger partial charge on any atom is -0.504 e. The Labute approximate surface area is 101 Å². The predicted molar refractivity (Wildman–Crippen MR) is 65.6 cm³/mol. The third kappa shape index (κ3) is 1.92. The summed E-state index contributed by atoms with van der Waals surface area (Å²) in [6, 6.07) is 11.2. The number of hydrogen-bond acceptors (Lipinski definition) is 5. The molecule has 0 bridgehead atoms. The molecule has 84 valence electrons. The van der Waals surface area contributed by atoms with Crippen LogP contribution < -0.4 is 4.74 Å². The van der Waals surface area contributed by atoms with Crippen molar-refractivity contribution in [3.05, 3.63) is 42.7 Å². The second kappa shape index (κ2) is 4.03. The third-order valence-electron chi connectivity index (χ3n) is 2.37. The maximum Gasteiger partial charge on any atom is 0.298 e. The molecule has 0 fully saturated rings. The van der Waals surface area contributed by atoms with Crippen LogP contribution in [0, 0.1) is 0 Å². The molecule has 0 spiro atoms. The monoisotopic (exact) mass is 244 g/mol. The van der Waals surface area contributed by atoms with Crippen LogP contribution in [0.4, 0.5) is 0 Å². The van der Waals surface area contributed by atoms with Crippen molar-refractivity contribution in [3.63, 3.8) is 0 Å². The number of phenolic OH excluding ortho intramolecular Hbond substituents is 1. The van der Waals surface area contributed by atoms with E-state index in [4.69, 9.17) is 4.74 Å². The lowest BCUT2D eigenvalue weighted by molar-refractivity contribution is 0.411. The summed E-state index contributed by atoms with van der Waals surface area (Å²) in [6.07, 6.45) is 1.41. The highest BCUT2D eigenvalue weighted by Crippen LogP contribution is 2.34. The van der Waals surface area contributed by atoms with Gasteiger partial charge in [-0.05, 0) is 22.9 Å². The van der Waals surface area contributed by atoms with Gasteiger partial charge in [0.15, 0.2) is 11.5 Å². The van der Waals surface area contributed by atoms with Crippen molar-refractivity contribution in [3.8, 4) is 16.7 Å². The van der Waals surface area contributed by atoms with Gasteiger partial charge in [-0.15, -0.1) is 0 Å². The molecule has 2 aromatic carbocycles. The second-order valence-electron chi connectivity index (χ2n) is 3.48. The van der Waals surface area contributed by atoms with E-state index >= 15 is 0 Å². The molecular formula is C12H8N2O2S. The van der Waals surface area contributed by atoms with Crippen molar-refractivity contribution in [2.24, 2.45) is 0 Å². The van der Waals surface area contributed by atoms with Crippen LogP contribution in [-0.4, -0.2) is 14.5 Å². The molecule has 0 aliphatic heterocycles. The zero-order chi connectivity index (χ0) is 11.7. The Bertz CT molecular complexity index is 653. The van der Waals surface area contributed by atoms with Gasteiger partial charge in [0.25, 0.3) is 5.19 Å². The Morgan fingerprint density at radius 1 is 1.12 bits per heavy atom. The van der Waals surface area contributed by atoms with Crippen LogP contribution in [0.25, 0.3) is 10.8 Å². The van der Waals surface area contributed by atoms with E-state index in [0.29, 0.717) is 10.9 Å². The van der Waals surface area contributed by atoms with Gasteiger partial charge in [0.05, 0.1) is 0 Å². The third-order valence-corrected chi connectivity index (χ3v) is 2.91. The highest BCUT2D eigenvalue weighted by Gasteiger charge is 2.07. The van der Waals surface area contributed by atoms with E-state index in [1.54, 1.807) is 12.1 Å². The van der Waals surface area contributed by atoms with Crippen molar-refractivity contribution < 1.29 is 9.84 Å². The molecule has 3 aromatic rings. The van der Waals surface area contributed by atoms with E-state index in [0.717, 1.165) is 22.3 Å². The summed E-state index contributed by atoms with van der Waals surface area (Å²) in [5.41, 5.74) is 0. The van der Waals surface area contributed by atoms with E-state index in [2.05, 4.69) is 9.36 Å². The highest BCUT2D eigenvalue weighted by atomic mass is 32.1. The van der Waals surface area contributed by atoms with Crippen LogP contribution in [-0.2, 0) is 0 Å². The lowest BCUT2D eigenvalue weighted by atomic mass is 10.1. The zero-order valence-corrected chi connectivity index (χ0v) is 9.52. The number of benzene rings is 2. The van der Waals surface area contributed by atoms with Crippen LogP contribution in [0.5, 0.6) is 16.7 Å². The number of aromatic nitrogens is 2. The number of ether oxygens (including phenoxy) is 1. The van der Waals surface area contributed by atoms with Crippen molar-refractivity contribution in [2.45, 2.75) is 0 Å². The van der Waals surface area contributed by atoms with Crippen LogP contribution in [0.2, 0.25) is 0 Å². The maximum absolute atomic E-state index is 9.84. The first-order valence-electron chi connectivity index (χ1n) is 4.99. The average molecular weight is 244 g/mol. The van der Waals surface area contributed by atoms with E-state index in [9.17, 15) is 5.11 Å². The van der Waals surface area contributed by atoms with Crippen LogP contribution in [0.3, 0.4) is 0 Å². The van der Waals surface area contributed by atoms with Gasteiger partial charge in [0.1, 0.15) is 6.33 Å². The molecule has 0 saturated carbocycles. The molecule has 4 nitrogen and oxygen atoms in total. The van der Waals surface area contributed by atoms with Gasteiger partial charge in [-0.1, -0.05) is 24.3 Å². The van der Waals surface area contributed by atoms with Gasteiger partial charge in [-0.25, -0.2) is 0 Å². The number of hydrogen-bond donors (Lipinski definition) is 1. The summed E-state index contributed by atoms with van der Waals surface area (Å²) in [5.74, 6) is 0.486. The molecule has 0 unspecified atom stereocenters. The second-order valence-corrected chi connectivity index (χ2v) is 4.22. The number of fused-ring (bicyclic) bond motifs is 1. The molecule has 1 heterocycles. The minimum atomic E-state index is 0.0962. The standard InChI is InChI=1S/C12H8N2O2S/c15-10-5-8-3-1-2-4-9(8)6-11(10)16-12-13-7-14-17-12/h1-7,15H. The average Bonchev–Trinajstić information content (AvgIpc) is 2.83. The fourth-order valence-corrected chi connectivity index (χ4v) is 2.00.